The topological polar surface area (TPSA) is 54.9 Å². The number of rotatable bonds is 4. The molecule has 0 aromatic carbocycles. The molecule has 0 aliphatic heterocycles. The molecule has 0 spiro atoms. The van der Waals surface area contributed by atoms with Crippen molar-refractivity contribution in [1.29, 1.82) is 0 Å². The summed E-state index contributed by atoms with van der Waals surface area (Å²) in [5, 5.41) is 3.42. The van der Waals surface area contributed by atoms with Crippen LogP contribution in [0.4, 0.5) is 14.6 Å². The summed E-state index contributed by atoms with van der Waals surface area (Å²) in [7, 11) is 0. The van der Waals surface area contributed by atoms with Crippen molar-refractivity contribution < 1.29 is 13.6 Å². The average Bonchev–Trinajstić information content (AvgIpc) is 2.68. The Bertz CT molecular complexity index is 456. The summed E-state index contributed by atoms with van der Waals surface area (Å²) in [6.07, 6.45) is 3.87. The van der Waals surface area contributed by atoms with Crippen LogP contribution in [0.3, 0.4) is 0 Å². The first kappa shape index (κ1) is 13.2. The standard InChI is InChI=1S/C11H13F2N3OS/c1-18-10-14-5-7(6-17)9(16-10)15-8-2-3-11(12,13)4-8/h5-6,8H,2-4H2,1H3,(H,14,15,16). The lowest BCUT2D eigenvalue weighted by atomic mass is 10.2. The summed E-state index contributed by atoms with van der Waals surface area (Å²) >= 11 is 1.33. The van der Waals surface area contributed by atoms with Crippen LogP contribution in [-0.2, 0) is 0 Å². The van der Waals surface area contributed by atoms with Gasteiger partial charge < -0.3 is 5.32 Å². The van der Waals surface area contributed by atoms with E-state index in [-0.39, 0.29) is 18.9 Å². The number of hydrogen-bond acceptors (Lipinski definition) is 5. The highest BCUT2D eigenvalue weighted by atomic mass is 32.2. The fourth-order valence-corrected chi connectivity index (χ4v) is 2.28. The molecule has 0 amide bonds. The normalized spacial score (nSPS) is 21.8. The predicted molar refractivity (Wildman–Crippen MR) is 65.4 cm³/mol. The van der Waals surface area contributed by atoms with E-state index >= 15 is 0 Å². The van der Waals surface area contributed by atoms with E-state index in [1.165, 1.54) is 18.0 Å². The molecule has 1 aliphatic carbocycles. The summed E-state index contributed by atoms with van der Waals surface area (Å²) in [6.45, 7) is 0. The van der Waals surface area contributed by atoms with Crippen molar-refractivity contribution in [1.82, 2.24) is 9.97 Å². The Labute approximate surface area is 108 Å². The number of aromatic nitrogens is 2. The summed E-state index contributed by atoms with van der Waals surface area (Å²) in [5.41, 5.74) is 0.294. The van der Waals surface area contributed by atoms with E-state index in [1.54, 1.807) is 0 Å². The van der Waals surface area contributed by atoms with Gasteiger partial charge in [-0.1, -0.05) is 11.8 Å². The third kappa shape index (κ3) is 2.95. The maximum absolute atomic E-state index is 13.1. The summed E-state index contributed by atoms with van der Waals surface area (Å²) in [4.78, 5) is 19.0. The fraction of sp³-hybridized carbons (Fsp3) is 0.545. The van der Waals surface area contributed by atoms with Crippen LogP contribution in [0, 0.1) is 0 Å². The molecule has 1 aromatic rings. The molecule has 1 aromatic heterocycles. The van der Waals surface area contributed by atoms with Crippen molar-refractivity contribution >= 4 is 23.9 Å². The number of hydrogen-bond donors (Lipinski definition) is 1. The van der Waals surface area contributed by atoms with Gasteiger partial charge in [0.2, 0.25) is 5.92 Å². The Morgan fingerprint density at radius 3 is 2.94 bits per heavy atom. The number of nitrogens with zero attached hydrogens (tertiary/aromatic N) is 2. The van der Waals surface area contributed by atoms with Gasteiger partial charge in [0.05, 0.1) is 5.56 Å². The molecule has 98 valence electrons. The summed E-state index contributed by atoms with van der Waals surface area (Å²) in [5.74, 6) is -2.28. The van der Waals surface area contributed by atoms with Gasteiger partial charge in [0.25, 0.3) is 0 Å². The zero-order valence-electron chi connectivity index (χ0n) is 9.82. The van der Waals surface area contributed by atoms with E-state index in [0.717, 1.165) is 0 Å². The lowest BCUT2D eigenvalue weighted by molar-refractivity contribution is 0.00851. The molecular weight excluding hydrogens is 260 g/mol. The Kier molecular flexibility index (Phi) is 3.79. The van der Waals surface area contributed by atoms with Crippen molar-refractivity contribution in [3.05, 3.63) is 11.8 Å². The van der Waals surface area contributed by atoms with Crippen LogP contribution in [0.25, 0.3) is 0 Å². The van der Waals surface area contributed by atoms with Gasteiger partial charge in [0, 0.05) is 25.1 Å². The van der Waals surface area contributed by atoms with Crippen LogP contribution in [0.2, 0.25) is 0 Å². The van der Waals surface area contributed by atoms with E-state index in [2.05, 4.69) is 15.3 Å². The third-order valence-corrected chi connectivity index (χ3v) is 3.41. The number of aldehydes is 1. The minimum absolute atomic E-state index is 0.123. The third-order valence-electron chi connectivity index (χ3n) is 2.85. The SMILES string of the molecule is CSc1ncc(C=O)c(NC2CCC(F)(F)C2)n1. The second-order valence-corrected chi connectivity index (χ2v) is 4.99. The lowest BCUT2D eigenvalue weighted by Gasteiger charge is -2.15. The molecule has 0 radical (unpaired) electrons. The number of carbonyl (C=O) groups excluding carboxylic acids is 1. The predicted octanol–water partition coefficient (Wildman–Crippen LogP) is 2.61. The minimum atomic E-state index is -2.62. The van der Waals surface area contributed by atoms with Gasteiger partial charge in [-0.2, -0.15) is 0 Å². The quantitative estimate of drug-likeness (QED) is 0.519. The van der Waals surface area contributed by atoms with Crippen LogP contribution in [0.1, 0.15) is 29.6 Å². The fourth-order valence-electron chi connectivity index (χ4n) is 1.94. The van der Waals surface area contributed by atoms with Gasteiger partial charge in [-0.15, -0.1) is 0 Å². The zero-order chi connectivity index (χ0) is 13.2. The van der Waals surface area contributed by atoms with Crippen LogP contribution in [0.5, 0.6) is 0 Å². The molecular formula is C11H13F2N3OS. The molecule has 1 unspecified atom stereocenters. The van der Waals surface area contributed by atoms with E-state index in [9.17, 15) is 13.6 Å². The zero-order valence-corrected chi connectivity index (χ0v) is 10.6. The highest BCUT2D eigenvalue weighted by Gasteiger charge is 2.39. The van der Waals surface area contributed by atoms with Crippen molar-refractivity contribution in [2.45, 2.75) is 36.4 Å². The van der Waals surface area contributed by atoms with Gasteiger partial charge in [0.15, 0.2) is 11.4 Å². The monoisotopic (exact) mass is 273 g/mol. The molecule has 4 nitrogen and oxygen atoms in total. The van der Waals surface area contributed by atoms with Crippen LogP contribution >= 0.6 is 11.8 Å². The van der Waals surface area contributed by atoms with E-state index in [0.29, 0.717) is 29.2 Å². The summed E-state index contributed by atoms with van der Waals surface area (Å²) in [6, 6.07) is -0.344. The molecule has 1 fully saturated rings. The molecule has 1 aliphatic rings. The lowest BCUT2D eigenvalue weighted by Crippen LogP contribution is -2.20. The van der Waals surface area contributed by atoms with Crippen molar-refractivity contribution in [2.75, 3.05) is 11.6 Å². The minimum Gasteiger partial charge on any atom is -0.366 e. The number of halogens is 2. The molecule has 18 heavy (non-hydrogen) atoms. The van der Waals surface area contributed by atoms with Crippen LogP contribution < -0.4 is 5.32 Å². The maximum atomic E-state index is 13.1. The maximum Gasteiger partial charge on any atom is 0.250 e. The number of thioether (sulfide) groups is 1. The molecule has 2 rings (SSSR count). The average molecular weight is 273 g/mol. The number of carbonyl (C=O) groups is 1. The largest absolute Gasteiger partial charge is 0.366 e. The highest BCUT2D eigenvalue weighted by Crippen LogP contribution is 2.36. The first-order valence-corrected chi connectivity index (χ1v) is 6.77. The van der Waals surface area contributed by atoms with Crippen LogP contribution in [-0.4, -0.2) is 34.5 Å². The number of nitrogens with one attached hydrogen (secondary N) is 1. The Morgan fingerprint density at radius 1 is 1.61 bits per heavy atom. The second-order valence-electron chi connectivity index (χ2n) is 4.22. The van der Waals surface area contributed by atoms with E-state index < -0.39 is 5.92 Å². The number of alkyl halides is 2. The Balaban J connectivity index is 2.15. The molecule has 1 N–H and O–H groups in total. The van der Waals surface area contributed by atoms with Gasteiger partial charge in [-0.05, 0) is 12.7 Å². The first-order chi connectivity index (χ1) is 8.54. The van der Waals surface area contributed by atoms with Crippen molar-refractivity contribution in [3.63, 3.8) is 0 Å². The smallest absolute Gasteiger partial charge is 0.250 e. The first-order valence-electron chi connectivity index (χ1n) is 5.54. The molecule has 1 atom stereocenters. The van der Waals surface area contributed by atoms with Crippen molar-refractivity contribution in [2.24, 2.45) is 0 Å². The van der Waals surface area contributed by atoms with Gasteiger partial charge in [0.1, 0.15) is 5.82 Å². The summed E-state index contributed by atoms with van der Waals surface area (Å²) < 4.78 is 26.2. The van der Waals surface area contributed by atoms with Gasteiger partial charge >= 0.3 is 0 Å². The van der Waals surface area contributed by atoms with Crippen molar-refractivity contribution in [3.8, 4) is 0 Å². The molecule has 0 saturated heterocycles. The van der Waals surface area contributed by atoms with Gasteiger partial charge in [-0.3, -0.25) is 4.79 Å². The molecule has 0 bridgehead atoms. The molecule has 1 saturated carbocycles. The number of anilines is 1. The molecule has 1 heterocycles. The second kappa shape index (κ2) is 5.17. The van der Waals surface area contributed by atoms with Gasteiger partial charge in [-0.25, -0.2) is 18.7 Å². The van der Waals surface area contributed by atoms with E-state index in [1.807, 2.05) is 6.26 Å². The van der Waals surface area contributed by atoms with E-state index in [4.69, 9.17) is 0 Å². The van der Waals surface area contributed by atoms with Crippen LogP contribution in [0.15, 0.2) is 11.4 Å². The highest BCUT2D eigenvalue weighted by molar-refractivity contribution is 7.98. The Hall–Kier alpha value is -1.24. The molecule has 7 heteroatoms. The Morgan fingerprint density at radius 2 is 2.39 bits per heavy atom.